The number of amides is 1. The van der Waals surface area contributed by atoms with Gasteiger partial charge in [0.05, 0.1) is 13.2 Å². The molecule has 1 saturated heterocycles. The van der Waals surface area contributed by atoms with Crippen molar-refractivity contribution in [1.82, 2.24) is 4.98 Å². The van der Waals surface area contributed by atoms with Gasteiger partial charge in [0.1, 0.15) is 11.4 Å². The minimum Gasteiger partial charge on any atom is -0.497 e. The first-order valence-electron chi connectivity index (χ1n) is 11.6. The summed E-state index contributed by atoms with van der Waals surface area (Å²) in [6.07, 6.45) is -3.60. The Morgan fingerprint density at radius 1 is 1.00 bits per heavy atom. The number of nitrogens with zero attached hydrogens (tertiary/aromatic N) is 2. The van der Waals surface area contributed by atoms with Gasteiger partial charge in [0.2, 0.25) is 5.91 Å². The average molecular weight is 483 g/mol. The SMILES string of the molecule is COc1cccc([C@H]2C[C@@H](CC(C)(C)c3cccc(C(F)(F)F)n3)C(=O)N2c2ccc(C)cc2)c1. The van der Waals surface area contributed by atoms with Crippen LogP contribution in [0.1, 0.15) is 55.2 Å². The van der Waals surface area contributed by atoms with Gasteiger partial charge >= 0.3 is 6.18 Å². The van der Waals surface area contributed by atoms with Crippen LogP contribution in [0, 0.1) is 12.8 Å². The molecule has 1 aromatic heterocycles. The molecule has 184 valence electrons. The van der Waals surface area contributed by atoms with Crippen LogP contribution in [0.5, 0.6) is 5.75 Å². The maximum absolute atomic E-state index is 13.8. The molecule has 1 amide bonds. The van der Waals surface area contributed by atoms with E-state index < -0.39 is 17.3 Å². The molecule has 0 unspecified atom stereocenters. The molecular weight excluding hydrogens is 453 g/mol. The van der Waals surface area contributed by atoms with Crippen LogP contribution >= 0.6 is 0 Å². The van der Waals surface area contributed by atoms with E-state index in [4.69, 9.17) is 4.74 Å². The molecule has 0 radical (unpaired) electrons. The number of benzene rings is 2. The van der Waals surface area contributed by atoms with E-state index in [2.05, 4.69) is 4.98 Å². The number of methoxy groups -OCH3 is 1. The first-order chi connectivity index (χ1) is 16.5. The summed E-state index contributed by atoms with van der Waals surface area (Å²) < 4.78 is 45.2. The maximum atomic E-state index is 13.8. The van der Waals surface area contributed by atoms with Crippen molar-refractivity contribution in [3.05, 3.63) is 89.2 Å². The molecule has 4 nitrogen and oxygen atoms in total. The van der Waals surface area contributed by atoms with E-state index >= 15 is 0 Å². The lowest BCUT2D eigenvalue weighted by atomic mass is 9.78. The zero-order valence-electron chi connectivity index (χ0n) is 20.3. The Bertz CT molecular complexity index is 1210. The van der Waals surface area contributed by atoms with Gasteiger partial charge < -0.3 is 9.64 Å². The van der Waals surface area contributed by atoms with Crippen LogP contribution in [-0.2, 0) is 16.4 Å². The highest BCUT2D eigenvalue weighted by molar-refractivity contribution is 5.98. The Balaban J connectivity index is 1.68. The normalized spacial score (nSPS) is 18.7. The molecule has 3 aromatic rings. The van der Waals surface area contributed by atoms with Gasteiger partial charge in [0.15, 0.2) is 0 Å². The van der Waals surface area contributed by atoms with Crippen LogP contribution in [-0.4, -0.2) is 18.0 Å². The summed E-state index contributed by atoms with van der Waals surface area (Å²) >= 11 is 0. The second kappa shape index (κ2) is 9.36. The van der Waals surface area contributed by atoms with Crippen LogP contribution in [0.4, 0.5) is 18.9 Å². The molecule has 7 heteroatoms. The fraction of sp³-hybridized carbons (Fsp3) is 0.357. The summed E-state index contributed by atoms with van der Waals surface area (Å²) in [7, 11) is 1.60. The lowest BCUT2D eigenvalue weighted by Gasteiger charge is -2.28. The quantitative estimate of drug-likeness (QED) is 0.385. The van der Waals surface area contributed by atoms with Gasteiger partial charge in [-0.3, -0.25) is 4.79 Å². The summed E-state index contributed by atoms with van der Waals surface area (Å²) in [4.78, 5) is 19.5. The Kier molecular flexibility index (Phi) is 6.62. The monoisotopic (exact) mass is 482 g/mol. The zero-order valence-corrected chi connectivity index (χ0v) is 20.3. The highest BCUT2D eigenvalue weighted by Gasteiger charge is 2.44. The van der Waals surface area contributed by atoms with Gasteiger partial charge in [0, 0.05) is 22.7 Å². The van der Waals surface area contributed by atoms with Crippen molar-refractivity contribution in [2.45, 2.75) is 51.2 Å². The van der Waals surface area contributed by atoms with Gasteiger partial charge in [-0.1, -0.05) is 49.7 Å². The molecule has 2 atom stereocenters. The number of anilines is 1. The maximum Gasteiger partial charge on any atom is 0.433 e. The number of alkyl halides is 3. The fourth-order valence-electron chi connectivity index (χ4n) is 4.83. The number of ether oxygens (including phenoxy) is 1. The van der Waals surface area contributed by atoms with Crippen molar-refractivity contribution in [3.63, 3.8) is 0 Å². The average Bonchev–Trinajstić information content (AvgIpc) is 3.14. The summed E-state index contributed by atoms with van der Waals surface area (Å²) in [5, 5.41) is 0. The van der Waals surface area contributed by atoms with Crippen molar-refractivity contribution in [2.24, 2.45) is 5.92 Å². The van der Waals surface area contributed by atoms with Gasteiger partial charge in [-0.15, -0.1) is 0 Å². The Morgan fingerprint density at radius 2 is 1.66 bits per heavy atom. The second-order valence-electron chi connectivity index (χ2n) is 9.76. The molecule has 1 fully saturated rings. The zero-order chi connectivity index (χ0) is 25.4. The molecule has 0 saturated carbocycles. The number of aromatic nitrogens is 1. The third-order valence-electron chi connectivity index (χ3n) is 6.69. The second-order valence-corrected chi connectivity index (χ2v) is 9.76. The topological polar surface area (TPSA) is 42.4 Å². The number of aryl methyl sites for hydroxylation is 1. The third-order valence-corrected chi connectivity index (χ3v) is 6.69. The van der Waals surface area contributed by atoms with Crippen LogP contribution in [0.3, 0.4) is 0 Å². The number of hydrogen-bond donors (Lipinski definition) is 0. The van der Waals surface area contributed by atoms with Crippen LogP contribution in [0.2, 0.25) is 0 Å². The molecule has 35 heavy (non-hydrogen) atoms. The first kappa shape index (κ1) is 24.8. The van der Waals surface area contributed by atoms with Crippen molar-refractivity contribution in [3.8, 4) is 5.75 Å². The van der Waals surface area contributed by atoms with Gasteiger partial charge in [-0.2, -0.15) is 13.2 Å². The van der Waals surface area contributed by atoms with E-state index in [0.29, 0.717) is 24.3 Å². The molecule has 0 N–H and O–H groups in total. The summed E-state index contributed by atoms with van der Waals surface area (Å²) in [5.74, 6) is 0.288. The van der Waals surface area contributed by atoms with Gasteiger partial charge in [0.25, 0.3) is 0 Å². The van der Waals surface area contributed by atoms with Gasteiger partial charge in [-0.25, -0.2) is 4.98 Å². The Hall–Kier alpha value is -3.35. The molecule has 0 spiro atoms. The smallest absolute Gasteiger partial charge is 0.433 e. The predicted octanol–water partition coefficient (Wildman–Crippen LogP) is 6.88. The van der Waals surface area contributed by atoms with E-state index in [1.807, 2.05) is 74.2 Å². The van der Waals surface area contributed by atoms with E-state index in [0.717, 1.165) is 22.9 Å². The van der Waals surface area contributed by atoms with E-state index in [9.17, 15) is 18.0 Å². The number of hydrogen-bond acceptors (Lipinski definition) is 3. The fourth-order valence-corrected chi connectivity index (χ4v) is 4.83. The summed E-state index contributed by atoms with van der Waals surface area (Å²) in [5.41, 5.74) is 1.51. The third kappa shape index (κ3) is 5.19. The van der Waals surface area contributed by atoms with Crippen LogP contribution in [0.15, 0.2) is 66.7 Å². The molecule has 2 aromatic carbocycles. The molecular formula is C28H29F3N2O2. The largest absolute Gasteiger partial charge is 0.497 e. The van der Waals surface area contributed by atoms with Gasteiger partial charge in [-0.05, 0) is 61.7 Å². The number of rotatable bonds is 6. The molecule has 1 aliphatic rings. The summed E-state index contributed by atoms with van der Waals surface area (Å²) in [6.45, 7) is 5.68. The highest BCUT2D eigenvalue weighted by atomic mass is 19.4. The number of carbonyl (C=O) groups is 1. The molecule has 4 rings (SSSR count). The van der Waals surface area contributed by atoms with Crippen molar-refractivity contribution in [1.29, 1.82) is 0 Å². The lowest BCUT2D eigenvalue weighted by Crippen LogP contribution is -2.32. The first-order valence-corrected chi connectivity index (χ1v) is 11.6. The van der Waals surface area contributed by atoms with E-state index in [-0.39, 0.29) is 17.9 Å². The number of carbonyl (C=O) groups excluding carboxylic acids is 1. The van der Waals surface area contributed by atoms with Crippen molar-refractivity contribution in [2.75, 3.05) is 12.0 Å². The predicted molar refractivity (Wildman–Crippen MR) is 129 cm³/mol. The minimum absolute atomic E-state index is 0.0401. The number of pyridine rings is 1. The standard InChI is InChI=1S/C28H29F3N2O2/c1-18-11-13-21(14-12-18)33-23(19-7-5-8-22(15-19)35-4)16-20(26(33)34)17-27(2,3)24-9-6-10-25(32-24)28(29,30)31/h5-15,20,23H,16-17H2,1-4H3/t20-,23+/m0/s1. The van der Waals surface area contributed by atoms with E-state index in [1.54, 1.807) is 13.2 Å². The van der Waals surface area contributed by atoms with Crippen molar-refractivity contribution < 1.29 is 22.7 Å². The molecule has 2 heterocycles. The minimum atomic E-state index is -4.52. The molecule has 0 bridgehead atoms. The Labute approximate surface area is 203 Å². The van der Waals surface area contributed by atoms with Crippen LogP contribution in [0.25, 0.3) is 0 Å². The Morgan fingerprint density at radius 3 is 2.31 bits per heavy atom. The van der Waals surface area contributed by atoms with Crippen molar-refractivity contribution >= 4 is 11.6 Å². The lowest BCUT2D eigenvalue weighted by molar-refractivity contribution is -0.141. The van der Waals surface area contributed by atoms with E-state index in [1.165, 1.54) is 6.07 Å². The molecule has 0 aliphatic carbocycles. The summed E-state index contributed by atoms with van der Waals surface area (Å²) in [6, 6.07) is 19.2. The number of halogens is 3. The molecule has 1 aliphatic heterocycles. The van der Waals surface area contributed by atoms with Crippen LogP contribution < -0.4 is 9.64 Å². The highest BCUT2D eigenvalue weighted by Crippen LogP contribution is 2.45.